The van der Waals surface area contributed by atoms with Crippen LogP contribution in [0.4, 0.5) is 0 Å². The molecule has 0 aromatic carbocycles. The van der Waals surface area contributed by atoms with Gasteiger partial charge in [-0.3, -0.25) is 9.59 Å². The fraction of sp³-hybridized carbons (Fsp3) is 0.867. The normalized spacial score (nSPS) is 19.4. The van der Waals surface area contributed by atoms with Gasteiger partial charge in [-0.2, -0.15) is 0 Å². The van der Waals surface area contributed by atoms with Gasteiger partial charge >= 0.3 is 5.97 Å². The summed E-state index contributed by atoms with van der Waals surface area (Å²) in [5.74, 6) is -0.419. The molecule has 1 aliphatic heterocycles. The molecule has 1 heterocycles. The number of nitrogens with zero attached hydrogens (tertiary/aromatic N) is 3. The first-order chi connectivity index (χ1) is 9.79. The summed E-state index contributed by atoms with van der Waals surface area (Å²) in [4.78, 5) is 29.3. The van der Waals surface area contributed by atoms with Crippen molar-refractivity contribution in [1.82, 2.24) is 14.7 Å². The summed E-state index contributed by atoms with van der Waals surface area (Å²) in [5.41, 5.74) is 0. The third-order valence-corrected chi connectivity index (χ3v) is 3.70. The van der Waals surface area contributed by atoms with E-state index < -0.39 is 5.97 Å². The summed E-state index contributed by atoms with van der Waals surface area (Å²) in [7, 11) is 3.84. The van der Waals surface area contributed by atoms with E-state index in [1.807, 2.05) is 19.0 Å². The fourth-order valence-electron chi connectivity index (χ4n) is 2.73. The number of carbonyl (C=O) groups excluding carboxylic acids is 1. The topological polar surface area (TPSA) is 64.1 Å². The van der Waals surface area contributed by atoms with Crippen LogP contribution < -0.4 is 0 Å². The van der Waals surface area contributed by atoms with Crippen molar-refractivity contribution < 1.29 is 14.7 Å². The van der Waals surface area contributed by atoms with E-state index in [0.29, 0.717) is 19.0 Å². The maximum Gasteiger partial charge on any atom is 0.323 e. The molecule has 122 valence electrons. The molecular weight excluding hydrogens is 270 g/mol. The Balaban J connectivity index is 2.57. The molecule has 0 aromatic rings. The molecule has 1 saturated heterocycles. The van der Waals surface area contributed by atoms with E-state index in [0.717, 1.165) is 26.1 Å². The molecule has 0 unspecified atom stereocenters. The molecule has 6 heteroatoms. The van der Waals surface area contributed by atoms with Crippen LogP contribution in [-0.2, 0) is 9.59 Å². The van der Waals surface area contributed by atoms with Gasteiger partial charge in [-0.15, -0.1) is 0 Å². The van der Waals surface area contributed by atoms with Crippen LogP contribution in [0, 0.1) is 11.8 Å². The number of carboxylic acids is 1. The van der Waals surface area contributed by atoms with Gasteiger partial charge in [0.25, 0.3) is 0 Å². The highest BCUT2D eigenvalue weighted by Crippen LogP contribution is 2.19. The minimum Gasteiger partial charge on any atom is -0.480 e. The lowest BCUT2D eigenvalue weighted by Gasteiger charge is -2.26. The number of aliphatic carboxylic acids is 1. The monoisotopic (exact) mass is 299 g/mol. The van der Waals surface area contributed by atoms with Crippen LogP contribution in [0.5, 0.6) is 0 Å². The van der Waals surface area contributed by atoms with Crippen molar-refractivity contribution in [3.05, 3.63) is 0 Å². The predicted molar refractivity (Wildman–Crippen MR) is 82.2 cm³/mol. The third-order valence-electron chi connectivity index (χ3n) is 3.70. The van der Waals surface area contributed by atoms with E-state index in [4.69, 9.17) is 5.11 Å². The van der Waals surface area contributed by atoms with Crippen LogP contribution in [0.15, 0.2) is 0 Å². The number of rotatable bonds is 8. The van der Waals surface area contributed by atoms with Gasteiger partial charge in [0.1, 0.15) is 6.54 Å². The number of carbonyl (C=O) groups is 2. The first-order valence-corrected chi connectivity index (χ1v) is 7.67. The number of likely N-dealkylation sites (tertiary alicyclic amines) is 1. The summed E-state index contributed by atoms with van der Waals surface area (Å²) in [5, 5.41) is 8.99. The maximum atomic E-state index is 12.5. The predicted octanol–water partition coefficient (Wildman–Crippen LogP) is 0.439. The second-order valence-electron chi connectivity index (χ2n) is 6.60. The van der Waals surface area contributed by atoms with Gasteiger partial charge in [0.15, 0.2) is 0 Å². The van der Waals surface area contributed by atoms with Crippen LogP contribution in [0.3, 0.4) is 0 Å². The summed E-state index contributed by atoms with van der Waals surface area (Å²) in [6, 6.07) is 0. The van der Waals surface area contributed by atoms with Crippen LogP contribution in [0.1, 0.15) is 20.3 Å². The molecule has 1 N–H and O–H groups in total. The van der Waals surface area contributed by atoms with Crippen molar-refractivity contribution in [2.75, 3.05) is 53.4 Å². The fourth-order valence-corrected chi connectivity index (χ4v) is 2.73. The zero-order valence-electron chi connectivity index (χ0n) is 13.7. The molecule has 0 bridgehead atoms. The zero-order valence-corrected chi connectivity index (χ0v) is 13.7. The summed E-state index contributed by atoms with van der Waals surface area (Å²) in [6.45, 7) is 7.98. The van der Waals surface area contributed by atoms with E-state index >= 15 is 0 Å². The lowest BCUT2D eigenvalue weighted by atomic mass is 10.1. The van der Waals surface area contributed by atoms with Gasteiger partial charge in [-0.25, -0.2) is 0 Å². The molecule has 1 rings (SSSR count). The molecule has 0 aromatic heterocycles. The molecule has 21 heavy (non-hydrogen) atoms. The Morgan fingerprint density at radius 1 is 1.29 bits per heavy atom. The summed E-state index contributed by atoms with van der Waals surface area (Å²) < 4.78 is 0. The minimum atomic E-state index is -0.945. The standard InChI is InChI=1S/C15H29N3O3/c1-12(2)9-17-6-5-13(10-17)15(21)18(11-14(19)20)8-7-16(3)4/h12-13H,5-11H2,1-4H3,(H,19,20)/t13-/m0/s1. The van der Waals surface area contributed by atoms with Crippen molar-refractivity contribution in [3.63, 3.8) is 0 Å². The first kappa shape index (κ1) is 17.9. The van der Waals surface area contributed by atoms with Crippen LogP contribution in [-0.4, -0.2) is 85.0 Å². The highest BCUT2D eigenvalue weighted by atomic mass is 16.4. The smallest absolute Gasteiger partial charge is 0.323 e. The largest absolute Gasteiger partial charge is 0.480 e. The lowest BCUT2D eigenvalue weighted by molar-refractivity contribution is -0.146. The Morgan fingerprint density at radius 3 is 2.48 bits per heavy atom. The average Bonchev–Trinajstić information content (AvgIpc) is 2.80. The lowest BCUT2D eigenvalue weighted by Crippen LogP contribution is -2.43. The average molecular weight is 299 g/mol. The molecular formula is C15H29N3O3. The second-order valence-corrected chi connectivity index (χ2v) is 6.60. The minimum absolute atomic E-state index is 0.00879. The molecule has 0 aliphatic carbocycles. The van der Waals surface area contributed by atoms with Crippen molar-refractivity contribution in [2.24, 2.45) is 11.8 Å². The molecule has 0 spiro atoms. The van der Waals surface area contributed by atoms with Gasteiger partial charge in [-0.05, 0) is 33.0 Å². The number of carboxylic acid groups (broad SMARTS) is 1. The SMILES string of the molecule is CC(C)CN1CC[C@H](C(=O)N(CCN(C)C)CC(=O)O)C1. The van der Waals surface area contributed by atoms with E-state index in [1.165, 1.54) is 4.90 Å². The van der Waals surface area contributed by atoms with Crippen molar-refractivity contribution in [3.8, 4) is 0 Å². The van der Waals surface area contributed by atoms with E-state index in [2.05, 4.69) is 18.7 Å². The Bertz CT molecular complexity index is 358. The maximum absolute atomic E-state index is 12.5. The highest BCUT2D eigenvalue weighted by Gasteiger charge is 2.32. The Morgan fingerprint density at radius 2 is 1.95 bits per heavy atom. The van der Waals surface area contributed by atoms with Gasteiger partial charge in [0.2, 0.25) is 5.91 Å². The van der Waals surface area contributed by atoms with E-state index in [9.17, 15) is 9.59 Å². The molecule has 1 aliphatic rings. The second kappa shape index (κ2) is 8.34. The van der Waals surface area contributed by atoms with Crippen molar-refractivity contribution in [1.29, 1.82) is 0 Å². The Labute approximate surface area is 127 Å². The number of hydrogen-bond acceptors (Lipinski definition) is 4. The van der Waals surface area contributed by atoms with Crippen LogP contribution in [0.25, 0.3) is 0 Å². The van der Waals surface area contributed by atoms with Gasteiger partial charge < -0.3 is 19.8 Å². The van der Waals surface area contributed by atoms with Gasteiger partial charge in [0.05, 0.1) is 5.92 Å². The molecule has 0 saturated carbocycles. The molecule has 1 fully saturated rings. The first-order valence-electron chi connectivity index (χ1n) is 7.67. The molecule has 0 radical (unpaired) electrons. The van der Waals surface area contributed by atoms with Crippen LogP contribution in [0.2, 0.25) is 0 Å². The van der Waals surface area contributed by atoms with Gasteiger partial charge in [0, 0.05) is 26.2 Å². The summed E-state index contributed by atoms with van der Waals surface area (Å²) in [6.07, 6.45) is 0.837. The number of likely N-dealkylation sites (N-methyl/N-ethyl adjacent to an activating group) is 1. The Hall–Kier alpha value is -1.14. The van der Waals surface area contributed by atoms with E-state index in [1.54, 1.807) is 0 Å². The highest BCUT2D eigenvalue weighted by molar-refractivity contribution is 5.83. The van der Waals surface area contributed by atoms with E-state index in [-0.39, 0.29) is 18.4 Å². The quantitative estimate of drug-likeness (QED) is 0.704. The van der Waals surface area contributed by atoms with Crippen molar-refractivity contribution in [2.45, 2.75) is 20.3 Å². The van der Waals surface area contributed by atoms with Crippen LogP contribution >= 0.6 is 0 Å². The van der Waals surface area contributed by atoms with Crippen molar-refractivity contribution >= 4 is 11.9 Å². The zero-order chi connectivity index (χ0) is 16.0. The molecule has 6 nitrogen and oxygen atoms in total. The van der Waals surface area contributed by atoms with Gasteiger partial charge in [-0.1, -0.05) is 13.8 Å². The molecule has 1 amide bonds. The summed E-state index contributed by atoms with van der Waals surface area (Å²) >= 11 is 0. The number of amides is 1. The third kappa shape index (κ3) is 6.44. The Kier molecular flexibility index (Phi) is 7.11. The molecule has 1 atom stereocenters. The number of hydrogen-bond donors (Lipinski definition) is 1.